The Morgan fingerprint density at radius 2 is 2.00 bits per heavy atom. The summed E-state index contributed by atoms with van der Waals surface area (Å²) in [5, 5.41) is 10.3. The molecule has 5 atom stereocenters. The maximum Gasteiger partial charge on any atom is 0.0697 e. The molecule has 0 spiro atoms. The fourth-order valence-electron chi connectivity index (χ4n) is 3.27. The maximum absolute atomic E-state index is 10.3. The van der Waals surface area contributed by atoms with Crippen LogP contribution in [0.15, 0.2) is 0 Å². The predicted octanol–water partition coefficient (Wildman–Crippen LogP) is 2.35. The van der Waals surface area contributed by atoms with Crippen LogP contribution < -0.4 is 0 Å². The summed E-state index contributed by atoms with van der Waals surface area (Å²) in [6.45, 7) is 6.34. The Hall–Kier alpha value is -0.0800. The molecule has 2 fully saturated rings. The average Bonchev–Trinajstić information content (AvgIpc) is 2.00. The summed E-state index contributed by atoms with van der Waals surface area (Å²) in [5.41, 5.74) is -0.498. The lowest BCUT2D eigenvalue weighted by atomic mass is 9.69. The monoisotopic (exact) mass is 198 g/mol. The lowest BCUT2D eigenvalue weighted by Crippen LogP contribution is -2.53. The third kappa shape index (κ3) is 1.82. The van der Waals surface area contributed by atoms with Gasteiger partial charge in [-0.1, -0.05) is 13.3 Å². The van der Waals surface area contributed by atoms with Gasteiger partial charge in [-0.15, -0.1) is 0 Å². The standard InChI is InChI=1S/C12H22O2/c1-8-4-5-10-11(6-8)14-9(2)7-12(10,3)13/h8-11,13H,4-7H2,1-3H3/t8?,9?,10?,11?,12-/m0/s1. The van der Waals surface area contributed by atoms with E-state index in [1.54, 1.807) is 0 Å². The zero-order valence-corrected chi connectivity index (χ0v) is 9.49. The van der Waals surface area contributed by atoms with Crippen molar-refractivity contribution in [3.8, 4) is 0 Å². The van der Waals surface area contributed by atoms with Crippen molar-refractivity contribution >= 4 is 0 Å². The SMILES string of the molecule is CC1CCC2C(C1)OC(C)C[C@]2(C)O. The molecule has 1 saturated carbocycles. The van der Waals surface area contributed by atoms with Crippen LogP contribution in [-0.2, 0) is 4.74 Å². The molecule has 14 heavy (non-hydrogen) atoms. The summed E-state index contributed by atoms with van der Waals surface area (Å²) < 4.78 is 5.94. The van der Waals surface area contributed by atoms with Crippen LogP contribution in [0, 0.1) is 11.8 Å². The van der Waals surface area contributed by atoms with E-state index in [1.165, 1.54) is 6.42 Å². The highest BCUT2D eigenvalue weighted by Gasteiger charge is 2.46. The van der Waals surface area contributed by atoms with Crippen molar-refractivity contribution in [3.05, 3.63) is 0 Å². The highest BCUT2D eigenvalue weighted by Crippen LogP contribution is 2.43. The fraction of sp³-hybridized carbons (Fsp3) is 1.00. The summed E-state index contributed by atoms with van der Waals surface area (Å²) in [6, 6.07) is 0. The van der Waals surface area contributed by atoms with Crippen LogP contribution in [0.1, 0.15) is 46.5 Å². The second-order valence-corrected chi connectivity index (χ2v) is 5.57. The summed E-state index contributed by atoms with van der Waals surface area (Å²) in [7, 11) is 0. The molecule has 0 amide bonds. The van der Waals surface area contributed by atoms with Gasteiger partial charge >= 0.3 is 0 Å². The summed E-state index contributed by atoms with van der Waals surface area (Å²) in [6.07, 6.45) is 4.82. The van der Waals surface area contributed by atoms with Gasteiger partial charge in [0.15, 0.2) is 0 Å². The van der Waals surface area contributed by atoms with Gasteiger partial charge in [0.05, 0.1) is 17.8 Å². The third-order valence-corrected chi connectivity index (χ3v) is 3.96. The lowest BCUT2D eigenvalue weighted by Gasteiger charge is -2.48. The lowest BCUT2D eigenvalue weighted by molar-refractivity contribution is -0.190. The molecule has 2 heteroatoms. The Balaban J connectivity index is 2.12. The molecule has 0 radical (unpaired) electrons. The van der Waals surface area contributed by atoms with E-state index in [9.17, 15) is 5.11 Å². The second kappa shape index (κ2) is 3.49. The first-order valence-corrected chi connectivity index (χ1v) is 5.87. The van der Waals surface area contributed by atoms with E-state index in [1.807, 2.05) is 6.92 Å². The first-order chi connectivity index (χ1) is 6.49. The maximum atomic E-state index is 10.3. The average molecular weight is 198 g/mol. The van der Waals surface area contributed by atoms with Crippen LogP contribution in [0.3, 0.4) is 0 Å². The van der Waals surface area contributed by atoms with Crippen molar-refractivity contribution in [2.24, 2.45) is 11.8 Å². The van der Waals surface area contributed by atoms with Crippen molar-refractivity contribution in [1.82, 2.24) is 0 Å². The number of aliphatic hydroxyl groups is 1. The Bertz CT molecular complexity index is 210. The predicted molar refractivity (Wildman–Crippen MR) is 56.1 cm³/mol. The van der Waals surface area contributed by atoms with Crippen LogP contribution in [0.5, 0.6) is 0 Å². The molecular weight excluding hydrogens is 176 g/mol. The third-order valence-electron chi connectivity index (χ3n) is 3.96. The second-order valence-electron chi connectivity index (χ2n) is 5.57. The van der Waals surface area contributed by atoms with Gasteiger partial charge < -0.3 is 9.84 Å². The van der Waals surface area contributed by atoms with E-state index >= 15 is 0 Å². The highest BCUT2D eigenvalue weighted by atomic mass is 16.5. The van der Waals surface area contributed by atoms with E-state index in [4.69, 9.17) is 4.74 Å². The van der Waals surface area contributed by atoms with E-state index < -0.39 is 5.60 Å². The molecular formula is C12H22O2. The Morgan fingerprint density at radius 1 is 1.29 bits per heavy atom. The largest absolute Gasteiger partial charge is 0.390 e. The molecule has 1 heterocycles. The highest BCUT2D eigenvalue weighted by molar-refractivity contribution is 4.96. The number of hydrogen-bond donors (Lipinski definition) is 1. The quantitative estimate of drug-likeness (QED) is 0.647. The van der Waals surface area contributed by atoms with Gasteiger partial charge in [0.1, 0.15) is 0 Å². The molecule has 2 nitrogen and oxygen atoms in total. The zero-order chi connectivity index (χ0) is 10.3. The Labute approximate surface area is 86.6 Å². The van der Waals surface area contributed by atoms with Gasteiger partial charge in [-0.2, -0.15) is 0 Å². The van der Waals surface area contributed by atoms with Crippen molar-refractivity contribution in [3.63, 3.8) is 0 Å². The topological polar surface area (TPSA) is 29.5 Å². The summed E-state index contributed by atoms with van der Waals surface area (Å²) in [5.74, 6) is 1.13. The first kappa shape index (κ1) is 10.4. The van der Waals surface area contributed by atoms with Crippen LogP contribution in [-0.4, -0.2) is 22.9 Å². The van der Waals surface area contributed by atoms with Crippen LogP contribution in [0.4, 0.5) is 0 Å². The molecule has 4 unspecified atom stereocenters. The Kier molecular flexibility index (Phi) is 2.61. The van der Waals surface area contributed by atoms with Gasteiger partial charge in [-0.05, 0) is 32.6 Å². The molecule has 2 aliphatic rings. The first-order valence-electron chi connectivity index (χ1n) is 5.87. The van der Waals surface area contributed by atoms with Crippen LogP contribution in [0.2, 0.25) is 0 Å². The van der Waals surface area contributed by atoms with Gasteiger partial charge in [0.25, 0.3) is 0 Å². The molecule has 1 N–H and O–H groups in total. The molecule has 0 aromatic rings. The summed E-state index contributed by atoms with van der Waals surface area (Å²) in [4.78, 5) is 0. The molecule has 1 saturated heterocycles. The normalized spacial score (nSPS) is 54.0. The van der Waals surface area contributed by atoms with E-state index in [2.05, 4.69) is 13.8 Å². The van der Waals surface area contributed by atoms with Gasteiger partial charge in [0.2, 0.25) is 0 Å². The minimum absolute atomic E-state index is 0.219. The van der Waals surface area contributed by atoms with Crippen molar-refractivity contribution in [1.29, 1.82) is 0 Å². The minimum atomic E-state index is -0.498. The van der Waals surface area contributed by atoms with Gasteiger partial charge in [0, 0.05) is 12.3 Å². The number of ether oxygens (including phenoxy) is 1. The van der Waals surface area contributed by atoms with Crippen LogP contribution >= 0.6 is 0 Å². The number of hydrogen-bond acceptors (Lipinski definition) is 2. The molecule has 0 aromatic heterocycles. The van der Waals surface area contributed by atoms with Gasteiger partial charge in [-0.25, -0.2) is 0 Å². The molecule has 0 bridgehead atoms. The number of fused-ring (bicyclic) bond motifs is 1. The molecule has 1 aliphatic carbocycles. The molecule has 82 valence electrons. The van der Waals surface area contributed by atoms with Crippen molar-refractivity contribution in [2.45, 2.75) is 64.3 Å². The fourth-order valence-corrected chi connectivity index (χ4v) is 3.27. The molecule has 0 aromatic carbocycles. The Morgan fingerprint density at radius 3 is 2.71 bits per heavy atom. The van der Waals surface area contributed by atoms with Crippen molar-refractivity contribution < 1.29 is 9.84 Å². The molecule has 1 aliphatic heterocycles. The van der Waals surface area contributed by atoms with E-state index in [0.717, 1.165) is 25.2 Å². The molecule has 2 rings (SSSR count). The smallest absolute Gasteiger partial charge is 0.0697 e. The van der Waals surface area contributed by atoms with E-state index in [0.29, 0.717) is 12.0 Å². The zero-order valence-electron chi connectivity index (χ0n) is 9.49. The van der Waals surface area contributed by atoms with Crippen molar-refractivity contribution in [2.75, 3.05) is 0 Å². The number of rotatable bonds is 0. The summed E-state index contributed by atoms with van der Waals surface area (Å²) >= 11 is 0. The van der Waals surface area contributed by atoms with E-state index in [-0.39, 0.29) is 6.10 Å². The van der Waals surface area contributed by atoms with Gasteiger partial charge in [-0.3, -0.25) is 0 Å². The minimum Gasteiger partial charge on any atom is -0.390 e. The van der Waals surface area contributed by atoms with Crippen LogP contribution in [0.25, 0.3) is 0 Å².